The lowest BCUT2D eigenvalue weighted by Gasteiger charge is -2.51. The highest BCUT2D eigenvalue weighted by atomic mass is 19.1. The van der Waals surface area contributed by atoms with E-state index in [0.29, 0.717) is 24.2 Å². The van der Waals surface area contributed by atoms with Crippen molar-refractivity contribution in [1.82, 2.24) is 0 Å². The molecule has 1 radical (unpaired) electrons. The first-order chi connectivity index (χ1) is 10.2. The van der Waals surface area contributed by atoms with E-state index in [0.717, 1.165) is 32.1 Å². The van der Waals surface area contributed by atoms with Crippen LogP contribution in [0.5, 0.6) is 0 Å². The highest BCUT2D eigenvalue weighted by Crippen LogP contribution is 2.62. The molecule has 1 nitrogen and oxygen atoms in total. The van der Waals surface area contributed by atoms with Gasteiger partial charge in [0.2, 0.25) is 0 Å². The molecule has 0 aromatic heterocycles. The Balaban J connectivity index is 1.72. The second-order valence-electron chi connectivity index (χ2n) is 7.36. The number of hydrogen-bond donors (Lipinski definition) is 1. The normalized spacial score (nSPS) is 44.8. The van der Waals surface area contributed by atoms with Crippen LogP contribution in [0, 0.1) is 23.3 Å². The second-order valence-corrected chi connectivity index (χ2v) is 7.36. The van der Waals surface area contributed by atoms with Crippen molar-refractivity contribution in [2.75, 3.05) is 0 Å². The topological polar surface area (TPSA) is 20.2 Å². The van der Waals surface area contributed by atoms with Gasteiger partial charge in [-0.25, -0.2) is 4.39 Å². The summed E-state index contributed by atoms with van der Waals surface area (Å²) in [6.07, 6.45) is 4.07. The summed E-state index contributed by atoms with van der Waals surface area (Å²) in [5.74, 6) is 1.50. The van der Waals surface area contributed by atoms with Crippen molar-refractivity contribution in [3.05, 3.63) is 35.4 Å². The van der Waals surface area contributed by atoms with E-state index in [1.165, 1.54) is 11.1 Å². The number of aryl methyl sites for hydroxylation is 1. The molecule has 2 saturated carbocycles. The van der Waals surface area contributed by atoms with Gasteiger partial charge in [0.15, 0.2) is 0 Å². The molecule has 0 spiro atoms. The molecule has 3 aliphatic rings. The predicted molar refractivity (Wildman–Crippen MR) is 80.8 cm³/mol. The summed E-state index contributed by atoms with van der Waals surface area (Å²) in [5, 5.41) is 10.4. The maximum absolute atomic E-state index is 14.3. The zero-order valence-electron chi connectivity index (χ0n) is 12.7. The van der Waals surface area contributed by atoms with E-state index in [-0.39, 0.29) is 5.41 Å². The molecule has 0 bridgehead atoms. The van der Waals surface area contributed by atoms with Crippen LogP contribution < -0.4 is 0 Å². The van der Waals surface area contributed by atoms with Gasteiger partial charge in [-0.2, -0.15) is 0 Å². The Morgan fingerprint density at radius 2 is 2.29 bits per heavy atom. The van der Waals surface area contributed by atoms with Crippen molar-refractivity contribution in [3.63, 3.8) is 0 Å². The highest BCUT2D eigenvalue weighted by Gasteiger charge is 2.59. The van der Waals surface area contributed by atoms with E-state index in [1.54, 1.807) is 0 Å². The number of halogens is 1. The summed E-state index contributed by atoms with van der Waals surface area (Å²) in [6, 6.07) is 9.57. The van der Waals surface area contributed by atoms with Gasteiger partial charge >= 0.3 is 0 Å². The molecule has 21 heavy (non-hydrogen) atoms. The van der Waals surface area contributed by atoms with Crippen molar-refractivity contribution < 1.29 is 9.50 Å². The van der Waals surface area contributed by atoms with Gasteiger partial charge in [0.1, 0.15) is 6.17 Å². The average molecular weight is 287 g/mol. The SMILES string of the molecule is CC[C@]12CC[C@@H]3c4cc[c]cc4CC[C@H]3[C@@H]1C[C@H](F)[C@H]2O. The summed E-state index contributed by atoms with van der Waals surface area (Å²) < 4.78 is 14.3. The Labute approximate surface area is 126 Å². The minimum Gasteiger partial charge on any atom is -0.390 e. The van der Waals surface area contributed by atoms with Crippen LogP contribution in [0.2, 0.25) is 0 Å². The molecule has 0 aliphatic heterocycles. The third-order valence-corrected chi connectivity index (χ3v) is 6.90. The van der Waals surface area contributed by atoms with Crippen molar-refractivity contribution in [2.45, 2.75) is 63.6 Å². The Bertz CT molecular complexity index is 542. The monoisotopic (exact) mass is 287 g/mol. The molecule has 0 unspecified atom stereocenters. The molecule has 3 aliphatic carbocycles. The van der Waals surface area contributed by atoms with Crippen molar-refractivity contribution in [3.8, 4) is 0 Å². The molecule has 1 aromatic rings. The maximum atomic E-state index is 14.3. The average Bonchev–Trinajstić information content (AvgIpc) is 2.79. The Kier molecular flexibility index (Phi) is 3.15. The smallest absolute Gasteiger partial charge is 0.127 e. The van der Waals surface area contributed by atoms with Crippen LogP contribution in [0.25, 0.3) is 0 Å². The third-order valence-electron chi connectivity index (χ3n) is 6.90. The summed E-state index contributed by atoms with van der Waals surface area (Å²) in [5.41, 5.74) is 2.77. The lowest BCUT2D eigenvalue weighted by molar-refractivity contribution is -0.0520. The first-order valence-corrected chi connectivity index (χ1v) is 8.48. The first-order valence-electron chi connectivity index (χ1n) is 8.48. The van der Waals surface area contributed by atoms with E-state index in [1.807, 2.05) is 6.07 Å². The highest BCUT2D eigenvalue weighted by molar-refractivity contribution is 5.34. The van der Waals surface area contributed by atoms with Crippen LogP contribution in [0.15, 0.2) is 18.2 Å². The first kappa shape index (κ1) is 13.8. The fourth-order valence-electron chi connectivity index (χ4n) is 5.85. The van der Waals surface area contributed by atoms with Crippen molar-refractivity contribution in [2.24, 2.45) is 17.3 Å². The molecule has 0 saturated heterocycles. The third kappa shape index (κ3) is 1.78. The summed E-state index contributed by atoms with van der Waals surface area (Å²) >= 11 is 0. The van der Waals surface area contributed by atoms with Gasteiger partial charge in [-0.05, 0) is 73.5 Å². The predicted octanol–water partition coefficient (Wildman–Crippen LogP) is 4.04. The molecule has 6 atom stereocenters. The molecular formula is C19H24FO. The molecule has 113 valence electrons. The number of benzene rings is 1. The molecule has 4 rings (SSSR count). The van der Waals surface area contributed by atoms with Gasteiger partial charge in [0.05, 0.1) is 6.10 Å². The summed E-state index contributed by atoms with van der Waals surface area (Å²) in [6.45, 7) is 2.14. The van der Waals surface area contributed by atoms with Crippen LogP contribution >= 0.6 is 0 Å². The fourth-order valence-corrected chi connectivity index (χ4v) is 5.85. The second kappa shape index (κ2) is 4.81. The van der Waals surface area contributed by atoms with Gasteiger partial charge in [0, 0.05) is 5.41 Å². The Morgan fingerprint density at radius 1 is 1.43 bits per heavy atom. The lowest BCUT2D eigenvalue weighted by Crippen LogP contribution is -2.46. The van der Waals surface area contributed by atoms with E-state index in [9.17, 15) is 9.50 Å². The van der Waals surface area contributed by atoms with Gasteiger partial charge in [-0.15, -0.1) is 0 Å². The fraction of sp³-hybridized carbons (Fsp3) is 0.684. The minimum absolute atomic E-state index is 0.154. The van der Waals surface area contributed by atoms with Crippen LogP contribution in [-0.2, 0) is 6.42 Å². The molecule has 0 amide bonds. The lowest BCUT2D eigenvalue weighted by atomic mass is 9.54. The Hall–Kier alpha value is -0.890. The molecule has 2 fully saturated rings. The van der Waals surface area contributed by atoms with E-state index in [2.05, 4.69) is 25.1 Å². The number of hydrogen-bond acceptors (Lipinski definition) is 1. The van der Waals surface area contributed by atoms with E-state index >= 15 is 0 Å². The summed E-state index contributed by atoms with van der Waals surface area (Å²) in [4.78, 5) is 0. The molecular weight excluding hydrogens is 263 g/mol. The molecule has 0 heterocycles. The molecule has 1 aromatic carbocycles. The van der Waals surface area contributed by atoms with E-state index in [4.69, 9.17) is 0 Å². The maximum Gasteiger partial charge on any atom is 0.127 e. The van der Waals surface area contributed by atoms with Crippen molar-refractivity contribution in [1.29, 1.82) is 0 Å². The zero-order valence-corrected chi connectivity index (χ0v) is 12.7. The number of aliphatic hydroxyl groups excluding tert-OH is 1. The standard InChI is InChI=1S/C19H24FO/c1-2-19-10-9-14-13-6-4-3-5-12(13)7-8-15(14)16(19)11-17(20)18(19)21/h4-6,14-18,21H,2,7-11H2,1H3/t14-,15-,16+,17+,18-,19+/m1/s1. The van der Waals surface area contributed by atoms with Crippen LogP contribution in [0.4, 0.5) is 4.39 Å². The molecule has 1 N–H and O–H groups in total. The van der Waals surface area contributed by atoms with Crippen molar-refractivity contribution >= 4 is 0 Å². The van der Waals surface area contributed by atoms with Gasteiger partial charge in [-0.1, -0.05) is 25.1 Å². The van der Waals surface area contributed by atoms with Crippen LogP contribution in [-0.4, -0.2) is 17.4 Å². The largest absolute Gasteiger partial charge is 0.390 e. The number of aliphatic hydroxyl groups is 1. The van der Waals surface area contributed by atoms with Crippen LogP contribution in [0.3, 0.4) is 0 Å². The van der Waals surface area contributed by atoms with Crippen LogP contribution in [0.1, 0.15) is 56.1 Å². The quantitative estimate of drug-likeness (QED) is 0.826. The number of alkyl halides is 1. The van der Waals surface area contributed by atoms with Gasteiger partial charge in [-0.3, -0.25) is 0 Å². The number of rotatable bonds is 1. The van der Waals surface area contributed by atoms with Gasteiger partial charge < -0.3 is 5.11 Å². The minimum atomic E-state index is -1.01. The van der Waals surface area contributed by atoms with Gasteiger partial charge in [0.25, 0.3) is 0 Å². The number of fused-ring (bicyclic) bond motifs is 5. The molecule has 2 heteroatoms. The zero-order chi connectivity index (χ0) is 14.6. The Morgan fingerprint density at radius 3 is 3.10 bits per heavy atom. The van der Waals surface area contributed by atoms with E-state index < -0.39 is 12.3 Å². The summed E-state index contributed by atoms with van der Waals surface area (Å²) in [7, 11) is 0.